The minimum Gasteiger partial charge on any atom is -0.353 e. The van der Waals surface area contributed by atoms with Crippen LogP contribution in [0.2, 0.25) is 5.02 Å². The maximum absolute atomic E-state index is 11.1. The van der Waals surface area contributed by atoms with E-state index in [1.54, 1.807) is 6.20 Å². The summed E-state index contributed by atoms with van der Waals surface area (Å²) < 4.78 is 0. The third-order valence-corrected chi connectivity index (χ3v) is 3.90. The fourth-order valence-electron chi connectivity index (χ4n) is 2.40. The van der Waals surface area contributed by atoms with E-state index in [2.05, 4.69) is 31.1 Å². The summed E-state index contributed by atoms with van der Waals surface area (Å²) >= 11 is 5.89. The van der Waals surface area contributed by atoms with Crippen LogP contribution in [-0.4, -0.2) is 27.6 Å². The van der Waals surface area contributed by atoms with Gasteiger partial charge in [-0.3, -0.25) is 4.79 Å². The summed E-state index contributed by atoms with van der Waals surface area (Å²) in [5.74, 6) is 0.917. The summed E-state index contributed by atoms with van der Waals surface area (Å²) in [6, 6.07) is 15.0. The van der Waals surface area contributed by atoms with Crippen LogP contribution in [0.25, 0.3) is 0 Å². The first-order valence-electron chi connectivity index (χ1n) is 8.41. The summed E-state index contributed by atoms with van der Waals surface area (Å²) in [5.41, 5.74) is 2.74. The quantitative estimate of drug-likeness (QED) is 0.574. The number of anilines is 4. The van der Waals surface area contributed by atoms with Gasteiger partial charge in [-0.05, 0) is 48.4 Å². The smallest absolute Gasteiger partial charge is 0.244 e. The van der Waals surface area contributed by atoms with Crippen molar-refractivity contribution < 1.29 is 4.79 Å². The number of nitrogens with zero attached hydrogens (tertiary/aromatic N) is 3. The molecule has 0 bridgehead atoms. The zero-order valence-electron chi connectivity index (χ0n) is 14.7. The van der Waals surface area contributed by atoms with Gasteiger partial charge in [0.1, 0.15) is 0 Å². The minimum atomic E-state index is -0.106. The number of carbonyl (C=O) groups is 1. The van der Waals surface area contributed by atoms with Crippen LogP contribution in [0.3, 0.4) is 0 Å². The highest BCUT2D eigenvalue weighted by atomic mass is 35.5. The summed E-state index contributed by atoms with van der Waals surface area (Å²) in [5, 5.41) is 17.7. The Kier molecular flexibility index (Phi) is 6.17. The fourth-order valence-corrected chi connectivity index (χ4v) is 2.52. The summed E-state index contributed by atoms with van der Waals surface area (Å²) in [4.78, 5) is 15.5. The molecule has 3 rings (SSSR count). The Labute approximate surface area is 162 Å². The average molecular weight is 383 g/mol. The first-order valence-corrected chi connectivity index (χ1v) is 8.79. The number of rotatable bonds is 7. The van der Waals surface area contributed by atoms with Crippen molar-refractivity contribution in [2.45, 2.75) is 13.3 Å². The van der Waals surface area contributed by atoms with Crippen LogP contribution < -0.4 is 16.0 Å². The Morgan fingerprint density at radius 2 is 1.74 bits per heavy atom. The van der Waals surface area contributed by atoms with Gasteiger partial charge in [0.15, 0.2) is 5.82 Å². The second-order valence-corrected chi connectivity index (χ2v) is 6.29. The van der Waals surface area contributed by atoms with Gasteiger partial charge in [0.25, 0.3) is 0 Å². The highest BCUT2D eigenvalue weighted by Gasteiger charge is 2.02. The lowest BCUT2D eigenvalue weighted by Gasteiger charge is -2.09. The second-order valence-electron chi connectivity index (χ2n) is 5.85. The SMILES string of the molecule is CC(=O)Nc1ccc(Nc2cnnc(NCCc3ccc(Cl)cc3)n2)cc1. The van der Waals surface area contributed by atoms with Gasteiger partial charge in [0, 0.05) is 29.9 Å². The van der Waals surface area contributed by atoms with Crippen LogP contribution in [-0.2, 0) is 11.2 Å². The monoisotopic (exact) mass is 382 g/mol. The Morgan fingerprint density at radius 3 is 2.44 bits per heavy atom. The standard InChI is InChI=1S/C19H19ClN6O/c1-13(27)23-16-6-8-17(9-7-16)24-18-12-22-26-19(25-18)21-11-10-14-2-4-15(20)5-3-14/h2-9,12H,10-11H2,1H3,(H,23,27)(H2,21,24,25,26). The van der Waals surface area contributed by atoms with Crippen molar-refractivity contribution in [3.63, 3.8) is 0 Å². The molecule has 8 heteroatoms. The molecule has 1 amide bonds. The molecule has 2 aromatic carbocycles. The van der Waals surface area contributed by atoms with Gasteiger partial charge in [-0.25, -0.2) is 0 Å². The third-order valence-electron chi connectivity index (χ3n) is 3.65. The number of carbonyl (C=O) groups excluding carboxylic acids is 1. The fraction of sp³-hybridized carbons (Fsp3) is 0.158. The van der Waals surface area contributed by atoms with E-state index in [0.29, 0.717) is 18.3 Å². The Balaban J connectivity index is 1.55. The molecular weight excluding hydrogens is 364 g/mol. The van der Waals surface area contributed by atoms with Crippen LogP contribution in [0.1, 0.15) is 12.5 Å². The van der Waals surface area contributed by atoms with Gasteiger partial charge in [0.05, 0.1) is 6.20 Å². The van der Waals surface area contributed by atoms with E-state index in [-0.39, 0.29) is 5.91 Å². The van der Waals surface area contributed by atoms with E-state index in [1.807, 2.05) is 48.5 Å². The first-order chi connectivity index (χ1) is 13.1. The Morgan fingerprint density at radius 1 is 1.04 bits per heavy atom. The first kappa shape index (κ1) is 18.6. The molecule has 0 aliphatic carbocycles. The molecule has 0 atom stereocenters. The molecule has 0 fully saturated rings. The lowest BCUT2D eigenvalue weighted by atomic mass is 10.1. The van der Waals surface area contributed by atoms with Crippen molar-refractivity contribution in [3.05, 3.63) is 65.3 Å². The van der Waals surface area contributed by atoms with E-state index in [4.69, 9.17) is 11.6 Å². The van der Waals surface area contributed by atoms with Crippen molar-refractivity contribution in [1.29, 1.82) is 0 Å². The number of halogens is 1. The highest BCUT2D eigenvalue weighted by molar-refractivity contribution is 6.30. The predicted octanol–water partition coefficient (Wildman–Crippen LogP) is 3.88. The van der Waals surface area contributed by atoms with Crippen LogP contribution in [0, 0.1) is 0 Å². The molecule has 27 heavy (non-hydrogen) atoms. The van der Waals surface area contributed by atoms with Crippen molar-refractivity contribution >= 4 is 40.6 Å². The summed E-state index contributed by atoms with van der Waals surface area (Å²) in [7, 11) is 0. The zero-order chi connectivity index (χ0) is 19.1. The van der Waals surface area contributed by atoms with Crippen LogP contribution in [0.5, 0.6) is 0 Å². The Bertz CT molecular complexity index is 899. The van der Waals surface area contributed by atoms with Gasteiger partial charge in [-0.15, -0.1) is 5.10 Å². The number of aromatic nitrogens is 3. The molecule has 0 saturated heterocycles. The van der Waals surface area contributed by atoms with Crippen molar-refractivity contribution in [2.24, 2.45) is 0 Å². The normalized spacial score (nSPS) is 10.3. The minimum absolute atomic E-state index is 0.106. The number of amides is 1. The van der Waals surface area contributed by atoms with Gasteiger partial charge in [-0.1, -0.05) is 23.7 Å². The predicted molar refractivity (Wildman–Crippen MR) is 108 cm³/mol. The maximum atomic E-state index is 11.1. The average Bonchev–Trinajstić information content (AvgIpc) is 2.65. The summed E-state index contributed by atoms with van der Waals surface area (Å²) in [6.07, 6.45) is 2.37. The van der Waals surface area contributed by atoms with Crippen LogP contribution in [0.15, 0.2) is 54.7 Å². The lowest BCUT2D eigenvalue weighted by Crippen LogP contribution is -2.09. The van der Waals surface area contributed by atoms with Crippen molar-refractivity contribution in [2.75, 3.05) is 22.5 Å². The van der Waals surface area contributed by atoms with E-state index >= 15 is 0 Å². The molecule has 7 nitrogen and oxygen atoms in total. The molecule has 0 aliphatic heterocycles. The molecule has 3 N–H and O–H groups in total. The van der Waals surface area contributed by atoms with E-state index in [0.717, 1.165) is 22.8 Å². The Hall–Kier alpha value is -3.19. The van der Waals surface area contributed by atoms with Crippen molar-refractivity contribution in [1.82, 2.24) is 15.2 Å². The molecule has 1 heterocycles. The summed E-state index contributed by atoms with van der Waals surface area (Å²) in [6.45, 7) is 2.15. The van der Waals surface area contributed by atoms with Gasteiger partial charge in [-0.2, -0.15) is 10.1 Å². The molecule has 0 saturated carbocycles. The number of nitrogens with one attached hydrogen (secondary N) is 3. The van der Waals surface area contributed by atoms with Gasteiger partial charge in [0.2, 0.25) is 11.9 Å². The molecule has 1 aromatic heterocycles. The van der Waals surface area contributed by atoms with Crippen molar-refractivity contribution in [3.8, 4) is 0 Å². The van der Waals surface area contributed by atoms with Gasteiger partial charge >= 0.3 is 0 Å². The lowest BCUT2D eigenvalue weighted by molar-refractivity contribution is -0.114. The largest absolute Gasteiger partial charge is 0.353 e. The molecule has 0 aliphatic rings. The molecule has 0 unspecified atom stereocenters. The molecule has 3 aromatic rings. The highest BCUT2D eigenvalue weighted by Crippen LogP contribution is 2.17. The number of hydrogen-bond donors (Lipinski definition) is 3. The van der Waals surface area contributed by atoms with E-state index in [9.17, 15) is 4.79 Å². The molecular formula is C19H19ClN6O. The van der Waals surface area contributed by atoms with E-state index < -0.39 is 0 Å². The zero-order valence-corrected chi connectivity index (χ0v) is 15.5. The maximum Gasteiger partial charge on any atom is 0.244 e. The molecule has 138 valence electrons. The molecule has 0 radical (unpaired) electrons. The molecule has 0 spiro atoms. The van der Waals surface area contributed by atoms with Crippen LogP contribution >= 0.6 is 11.6 Å². The number of hydrogen-bond acceptors (Lipinski definition) is 6. The van der Waals surface area contributed by atoms with Gasteiger partial charge < -0.3 is 16.0 Å². The van der Waals surface area contributed by atoms with E-state index in [1.165, 1.54) is 12.5 Å². The second kappa shape index (κ2) is 8.95. The van der Waals surface area contributed by atoms with Crippen LogP contribution in [0.4, 0.5) is 23.1 Å². The number of benzene rings is 2. The topological polar surface area (TPSA) is 91.8 Å². The third kappa shape index (κ3) is 5.93.